The highest BCUT2D eigenvalue weighted by Gasteiger charge is 2.08. The molecule has 0 radical (unpaired) electrons. The van der Waals surface area contributed by atoms with Gasteiger partial charge in [0.2, 0.25) is 0 Å². The van der Waals surface area contributed by atoms with E-state index in [2.05, 4.69) is 15.2 Å². The third-order valence-electron chi connectivity index (χ3n) is 2.35. The molecule has 0 bridgehead atoms. The summed E-state index contributed by atoms with van der Waals surface area (Å²) in [6.45, 7) is 3.62. The first-order valence-electron chi connectivity index (χ1n) is 5.50. The van der Waals surface area contributed by atoms with Gasteiger partial charge < -0.3 is 10.2 Å². The van der Waals surface area contributed by atoms with Crippen molar-refractivity contribution in [1.29, 1.82) is 0 Å². The Balaban J connectivity index is 2.52. The maximum Gasteiger partial charge on any atom is 0.287 e. The van der Waals surface area contributed by atoms with E-state index in [0.717, 1.165) is 25.1 Å². The molecule has 1 aromatic heterocycles. The number of anilines is 1. The molecular formula is C11H18N4O2. The van der Waals surface area contributed by atoms with E-state index in [1.54, 1.807) is 0 Å². The Bertz CT molecular complexity index is 393. The van der Waals surface area contributed by atoms with Gasteiger partial charge in [0.1, 0.15) is 12.0 Å². The first-order valence-corrected chi connectivity index (χ1v) is 5.50. The van der Waals surface area contributed by atoms with Gasteiger partial charge in [0.25, 0.3) is 5.69 Å². The zero-order chi connectivity index (χ0) is 12.8. The number of aromatic nitrogens is 1. The summed E-state index contributed by atoms with van der Waals surface area (Å²) in [4.78, 5) is 16.3. The zero-order valence-corrected chi connectivity index (χ0v) is 10.4. The van der Waals surface area contributed by atoms with Gasteiger partial charge in [0.05, 0.1) is 4.92 Å². The minimum absolute atomic E-state index is 0.0290. The Morgan fingerprint density at radius 2 is 2.24 bits per heavy atom. The smallest absolute Gasteiger partial charge is 0.287 e. The van der Waals surface area contributed by atoms with Crippen LogP contribution in [0.2, 0.25) is 0 Å². The normalized spacial score (nSPS) is 10.6. The van der Waals surface area contributed by atoms with Crippen LogP contribution in [0.4, 0.5) is 11.5 Å². The first-order chi connectivity index (χ1) is 8.00. The lowest BCUT2D eigenvalue weighted by Gasteiger charge is -2.11. The number of nitrogens with zero attached hydrogens (tertiary/aromatic N) is 3. The van der Waals surface area contributed by atoms with E-state index in [-0.39, 0.29) is 5.69 Å². The van der Waals surface area contributed by atoms with Crippen LogP contribution < -0.4 is 5.32 Å². The van der Waals surface area contributed by atoms with Crippen LogP contribution in [0.15, 0.2) is 12.3 Å². The molecule has 1 N–H and O–H groups in total. The minimum atomic E-state index is -0.435. The van der Waals surface area contributed by atoms with Crippen molar-refractivity contribution in [2.24, 2.45) is 0 Å². The van der Waals surface area contributed by atoms with Crippen LogP contribution in [0, 0.1) is 17.0 Å². The molecule has 0 unspecified atom stereocenters. The van der Waals surface area contributed by atoms with Gasteiger partial charge in [-0.1, -0.05) is 0 Å². The average molecular weight is 238 g/mol. The van der Waals surface area contributed by atoms with Crippen molar-refractivity contribution in [3.05, 3.63) is 27.9 Å². The highest BCUT2D eigenvalue weighted by molar-refractivity contribution is 5.48. The minimum Gasteiger partial charge on any atom is -0.370 e. The van der Waals surface area contributed by atoms with Crippen LogP contribution in [0.1, 0.15) is 12.0 Å². The summed E-state index contributed by atoms with van der Waals surface area (Å²) in [7, 11) is 4.05. The van der Waals surface area contributed by atoms with Gasteiger partial charge in [-0.2, -0.15) is 0 Å². The second-order valence-corrected chi connectivity index (χ2v) is 4.20. The topological polar surface area (TPSA) is 71.3 Å². The largest absolute Gasteiger partial charge is 0.370 e. The van der Waals surface area contributed by atoms with Crippen molar-refractivity contribution < 1.29 is 4.92 Å². The second-order valence-electron chi connectivity index (χ2n) is 4.20. The van der Waals surface area contributed by atoms with Gasteiger partial charge in [-0.05, 0) is 39.5 Å². The third-order valence-corrected chi connectivity index (χ3v) is 2.35. The molecule has 6 nitrogen and oxygen atoms in total. The SMILES string of the molecule is Cc1cc([N+](=O)[O-])cnc1NCCCN(C)C. The third kappa shape index (κ3) is 4.36. The predicted molar refractivity (Wildman–Crippen MR) is 67.3 cm³/mol. The summed E-state index contributed by atoms with van der Waals surface area (Å²) in [5.41, 5.74) is 0.824. The van der Waals surface area contributed by atoms with Crippen molar-refractivity contribution >= 4 is 11.5 Å². The molecule has 6 heteroatoms. The predicted octanol–water partition coefficient (Wildman–Crippen LogP) is 1.66. The van der Waals surface area contributed by atoms with Gasteiger partial charge in [0.15, 0.2) is 0 Å². The van der Waals surface area contributed by atoms with E-state index < -0.39 is 4.92 Å². The van der Waals surface area contributed by atoms with E-state index >= 15 is 0 Å². The van der Waals surface area contributed by atoms with Crippen molar-refractivity contribution in [3.8, 4) is 0 Å². The standard InChI is InChI=1S/C11H18N4O2/c1-9-7-10(15(16)17)8-13-11(9)12-5-4-6-14(2)3/h7-8H,4-6H2,1-3H3,(H,12,13). The lowest BCUT2D eigenvalue weighted by molar-refractivity contribution is -0.385. The van der Waals surface area contributed by atoms with Crippen molar-refractivity contribution in [2.75, 3.05) is 32.5 Å². The lowest BCUT2D eigenvalue weighted by Crippen LogP contribution is -2.16. The quantitative estimate of drug-likeness (QED) is 0.463. The van der Waals surface area contributed by atoms with Gasteiger partial charge in [-0.25, -0.2) is 4.98 Å². The number of rotatable bonds is 6. The molecule has 94 valence electrons. The number of nitro groups is 1. The van der Waals surface area contributed by atoms with E-state index in [0.29, 0.717) is 5.82 Å². The van der Waals surface area contributed by atoms with Gasteiger partial charge >= 0.3 is 0 Å². The fourth-order valence-corrected chi connectivity index (χ4v) is 1.45. The summed E-state index contributed by atoms with van der Waals surface area (Å²) in [6, 6.07) is 1.53. The van der Waals surface area contributed by atoms with Crippen LogP contribution in [0.25, 0.3) is 0 Å². The molecule has 0 atom stereocenters. The number of aryl methyl sites for hydroxylation is 1. The monoisotopic (exact) mass is 238 g/mol. The van der Waals surface area contributed by atoms with Crippen molar-refractivity contribution in [2.45, 2.75) is 13.3 Å². The molecule has 17 heavy (non-hydrogen) atoms. The van der Waals surface area contributed by atoms with Gasteiger partial charge in [0, 0.05) is 12.6 Å². The number of hydrogen-bond donors (Lipinski definition) is 1. The van der Waals surface area contributed by atoms with Crippen LogP contribution in [-0.4, -0.2) is 42.0 Å². The van der Waals surface area contributed by atoms with Crippen LogP contribution in [-0.2, 0) is 0 Å². The fraction of sp³-hybridized carbons (Fsp3) is 0.545. The summed E-state index contributed by atoms with van der Waals surface area (Å²) >= 11 is 0. The maximum atomic E-state index is 10.5. The zero-order valence-electron chi connectivity index (χ0n) is 10.4. The van der Waals surface area contributed by atoms with Crippen molar-refractivity contribution in [1.82, 2.24) is 9.88 Å². The van der Waals surface area contributed by atoms with Crippen LogP contribution in [0.5, 0.6) is 0 Å². The fourth-order valence-electron chi connectivity index (χ4n) is 1.45. The molecular weight excluding hydrogens is 220 g/mol. The summed E-state index contributed by atoms with van der Waals surface area (Å²) in [5, 5.41) is 13.7. The van der Waals surface area contributed by atoms with Crippen LogP contribution >= 0.6 is 0 Å². The first kappa shape index (κ1) is 13.4. The second kappa shape index (κ2) is 6.15. The van der Waals surface area contributed by atoms with Crippen LogP contribution in [0.3, 0.4) is 0 Å². The molecule has 1 aromatic rings. The molecule has 1 rings (SSSR count). The molecule has 0 aliphatic rings. The molecule has 1 heterocycles. The summed E-state index contributed by atoms with van der Waals surface area (Å²) in [6.07, 6.45) is 2.28. The number of pyridine rings is 1. The van der Waals surface area contributed by atoms with E-state index in [1.165, 1.54) is 12.3 Å². The van der Waals surface area contributed by atoms with E-state index in [1.807, 2.05) is 21.0 Å². The Kier molecular flexibility index (Phi) is 4.84. The molecule has 0 aliphatic carbocycles. The molecule has 0 aromatic carbocycles. The molecule has 0 spiro atoms. The molecule has 0 saturated carbocycles. The van der Waals surface area contributed by atoms with Gasteiger partial charge in [-0.15, -0.1) is 0 Å². The molecule has 0 aliphatic heterocycles. The number of hydrogen-bond acceptors (Lipinski definition) is 5. The summed E-state index contributed by atoms with van der Waals surface area (Å²) < 4.78 is 0. The molecule has 0 fully saturated rings. The van der Waals surface area contributed by atoms with E-state index in [9.17, 15) is 10.1 Å². The van der Waals surface area contributed by atoms with E-state index in [4.69, 9.17) is 0 Å². The Morgan fingerprint density at radius 1 is 1.53 bits per heavy atom. The van der Waals surface area contributed by atoms with Gasteiger partial charge in [-0.3, -0.25) is 10.1 Å². The Hall–Kier alpha value is -1.69. The highest BCUT2D eigenvalue weighted by Crippen LogP contribution is 2.17. The number of nitrogens with one attached hydrogen (secondary N) is 1. The summed E-state index contributed by atoms with van der Waals surface area (Å²) in [5.74, 6) is 0.717. The highest BCUT2D eigenvalue weighted by atomic mass is 16.6. The Morgan fingerprint density at radius 3 is 2.76 bits per heavy atom. The molecule has 0 amide bonds. The Labute approximate surface area is 101 Å². The molecule has 0 saturated heterocycles. The lowest BCUT2D eigenvalue weighted by atomic mass is 10.2. The maximum absolute atomic E-state index is 10.5. The van der Waals surface area contributed by atoms with Crippen molar-refractivity contribution in [3.63, 3.8) is 0 Å². The average Bonchev–Trinajstić information content (AvgIpc) is 2.25.